The Hall–Kier alpha value is -2.44. The molecule has 2 aromatic rings. The maximum atomic E-state index is 12.3. The van der Waals surface area contributed by atoms with Crippen LogP contribution < -0.4 is 0 Å². The summed E-state index contributed by atoms with van der Waals surface area (Å²) >= 11 is 0. The molecule has 2 aromatic heterocycles. The van der Waals surface area contributed by atoms with Crippen molar-refractivity contribution in [2.45, 2.75) is 13.3 Å². The van der Waals surface area contributed by atoms with Crippen molar-refractivity contribution < 1.29 is 14.7 Å². The summed E-state index contributed by atoms with van der Waals surface area (Å²) < 4.78 is 1.53. The molecule has 0 aliphatic rings. The quantitative estimate of drug-likeness (QED) is 0.855. The SMILES string of the molecule is CCCN(CC(=O)O)C(=O)c1cnn2ccncc12. The third-order valence-electron chi connectivity index (χ3n) is 2.66. The predicted octanol–water partition coefficient (Wildman–Crippen LogP) is 0.666. The van der Waals surface area contributed by atoms with Gasteiger partial charge in [0.25, 0.3) is 5.91 Å². The number of carboxylic acids is 1. The number of aromatic nitrogens is 3. The Labute approximate surface area is 109 Å². The molecule has 0 atom stereocenters. The molecule has 0 aliphatic heterocycles. The Morgan fingerprint density at radius 3 is 2.89 bits per heavy atom. The van der Waals surface area contributed by atoms with Gasteiger partial charge in [-0.1, -0.05) is 6.92 Å². The number of rotatable bonds is 5. The normalized spacial score (nSPS) is 10.6. The number of fused-ring (bicyclic) bond motifs is 1. The highest BCUT2D eigenvalue weighted by atomic mass is 16.4. The van der Waals surface area contributed by atoms with Gasteiger partial charge in [0.15, 0.2) is 0 Å². The van der Waals surface area contributed by atoms with Crippen LogP contribution in [0.2, 0.25) is 0 Å². The van der Waals surface area contributed by atoms with Gasteiger partial charge in [0.2, 0.25) is 0 Å². The number of nitrogens with zero attached hydrogens (tertiary/aromatic N) is 4. The van der Waals surface area contributed by atoms with Crippen LogP contribution >= 0.6 is 0 Å². The third-order valence-corrected chi connectivity index (χ3v) is 2.66. The second-order valence-corrected chi connectivity index (χ2v) is 4.08. The molecule has 0 spiro atoms. The zero-order chi connectivity index (χ0) is 13.8. The van der Waals surface area contributed by atoms with Crippen molar-refractivity contribution in [2.24, 2.45) is 0 Å². The van der Waals surface area contributed by atoms with Crippen molar-refractivity contribution in [1.82, 2.24) is 19.5 Å². The van der Waals surface area contributed by atoms with Gasteiger partial charge < -0.3 is 10.0 Å². The lowest BCUT2D eigenvalue weighted by atomic mass is 10.2. The van der Waals surface area contributed by atoms with Crippen molar-refractivity contribution >= 4 is 17.4 Å². The van der Waals surface area contributed by atoms with E-state index < -0.39 is 5.97 Å². The Balaban J connectivity index is 2.33. The van der Waals surface area contributed by atoms with Crippen molar-refractivity contribution in [1.29, 1.82) is 0 Å². The fraction of sp³-hybridized carbons (Fsp3) is 0.333. The smallest absolute Gasteiger partial charge is 0.323 e. The zero-order valence-corrected chi connectivity index (χ0v) is 10.5. The molecule has 0 aliphatic carbocycles. The summed E-state index contributed by atoms with van der Waals surface area (Å²) in [6.07, 6.45) is 6.86. The van der Waals surface area contributed by atoms with E-state index in [1.165, 1.54) is 21.8 Å². The molecule has 0 saturated carbocycles. The van der Waals surface area contributed by atoms with E-state index in [0.29, 0.717) is 24.0 Å². The van der Waals surface area contributed by atoms with E-state index >= 15 is 0 Å². The minimum absolute atomic E-state index is 0.315. The van der Waals surface area contributed by atoms with Crippen molar-refractivity contribution in [3.8, 4) is 0 Å². The Kier molecular flexibility index (Phi) is 3.74. The number of carboxylic acid groups (broad SMARTS) is 1. The lowest BCUT2D eigenvalue weighted by molar-refractivity contribution is -0.137. The monoisotopic (exact) mass is 262 g/mol. The minimum Gasteiger partial charge on any atom is -0.480 e. The van der Waals surface area contributed by atoms with E-state index in [1.54, 1.807) is 12.4 Å². The Morgan fingerprint density at radius 2 is 2.21 bits per heavy atom. The van der Waals surface area contributed by atoms with Crippen LogP contribution in [0.5, 0.6) is 0 Å². The number of hydrogen-bond donors (Lipinski definition) is 1. The first kappa shape index (κ1) is 13.0. The average molecular weight is 262 g/mol. The average Bonchev–Trinajstić information content (AvgIpc) is 2.80. The lowest BCUT2D eigenvalue weighted by Gasteiger charge is -2.19. The van der Waals surface area contributed by atoms with Crippen LogP contribution in [0.1, 0.15) is 23.7 Å². The summed E-state index contributed by atoms with van der Waals surface area (Å²) in [7, 11) is 0. The predicted molar refractivity (Wildman–Crippen MR) is 66.8 cm³/mol. The molecular weight excluding hydrogens is 248 g/mol. The number of amides is 1. The van der Waals surface area contributed by atoms with Gasteiger partial charge in [-0.25, -0.2) is 4.52 Å². The van der Waals surface area contributed by atoms with E-state index in [-0.39, 0.29) is 12.5 Å². The number of carbonyl (C=O) groups excluding carboxylic acids is 1. The van der Waals surface area contributed by atoms with Crippen molar-refractivity contribution in [2.75, 3.05) is 13.1 Å². The Morgan fingerprint density at radius 1 is 1.42 bits per heavy atom. The molecule has 7 nitrogen and oxygen atoms in total. The van der Waals surface area contributed by atoms with Gasteiger partial charge in [-0.05, 0) is 6.42 Å². The molecular formula is C12H14N4O3. The van der Waals surface area contributed by atoms with E-state index in [4.69, 9.17) is 5.11 Å². The molecule has 2 rings (SSSR count). The number of hydrogen-bond acceptors (Lipinski definition) is 4. The summed E-state index contributed by atoms with van der Waals surface area (Å²) in [6.45, 7) is 1.97. The summed E-state index contributed by atoms with van der Waals surface area (Å²) in [5.41, 5.74) is 0.932. The lowest BCUT2D eigenvalue weighted by Crippen LogP contribution is -2.36. The van der Waals surface area contributed by atoms with Gasteiger partial charge in [-0.2, -0.15) is 5.10 Å². The highest BCUT2D eigenvalue weighted by Crippen LogP contribution is 2.12. The van der Waals surface area contributed by atoms with Crippen LogP contribution in [0.3, 0.4) is 0 Å². The van der Waals surface area contributed by atoms with E-state index in [9.17, 15) is 9.59 Å². The van der Waals surface area contributed by atoms with E-state index in [0.717, 1.165) is 0 Å². The molecule has 7 heteroatoms. The maximum Gasteiger partial charge on any atom is 0.323 e. The first-order chi connectivity index (χ1) is 9.13. The molecule has 0 fully saturated rings. The molecule has 100 valence electrons. The van der Waals surface area contributed by atoms with Gasteiger partial charge >= 0.3 is 5.97 Å². The molecule has 0 unspecified atom stereocenters. The maximum absolute atomic E-state index is 12.3. The highest BCUT2D eigenvalue weighted by Gasteiger charge is 2.21. The fourth-order valence-corrected chi connectivity index (χ4v) is 1.86. The van der Waals surface area contributed by atoms with Crippen molar-refractivity contribution in [3.63, 3.8) is 0 Å². The van der Waals surface area contributed by atoms with Crippen LogP contribution in [0.4, 0.5) is 0 Å². The van der Waals surface area contributed by atoms with Crippen LogP contribution in [0.25, 0.3) is 5.52 Å². The van der Waals surface area contributed by atoms with Gasteiger partial charge in [0, 0.05) is 18.9 Å². The highest BCUT2D eigenvalue weighted by molar-refractivity contribution is 6.01. The summed E-state index contributed by atoms with van der Waals surface area (Å²) in [5.74, 6) is -1.37. The fourth-order valence-electron chi connectivity index (χ4n) is 1.86. The second kappa shape index (κ2) is 5.47. The number of carbonyl (C=O) groups is 2. The van der Waals surface area contributed by atoms with Gasteiger partial charge in [0.05, 0.1) is 23.5 Å². The minimum atomic E-state index is -1.03. The first-order valence-corrected chi connectivity index (χ1v) is 5.92. The van der Waals surface area contributed by atoms with Crippen molar-refractivity contribution in [3.05, 3.63) is 30.4 Å². The standard InChI is InChI=1S/C12H14N4O3/c1-2-4-15(8-11(17)18)12(19)9-6-14-16-5-3-13-7-10(9)16/h3,5-7H,2,4,8H2,1H3,(H,17,18). The molecule has 1 N–H and O–H groups in total. The van der Waals surface area contributed by atoms with Gasteiger partial charge in [-0.15, -0.1) is 0 Å². The van der Waals surface area contributed by atoms with E-state index in [1.807, 2.05) is 6.92 Å². The zero-order valence-electron chi connectivity index (χ0n) is 10.5. The van der Waals surface area contributed by atoms with Crippen LogP contribution in [-0.4, -0.2) is 49.6 Å². The summed E-state index contributed by atoms with van der Waals surface area (Å²) in [5, 5.41) is 12.9. The number of aliphatic carboxylic acids is 1. The summed E-state index contributed by atoms with van der Waals surface area (Å²) in [6, 6.07) is 0. The van der Waals surface area contributed by atoms with Gasteiger partial charge in [0.1, 0.15) is 6.54 Å². The van der Waals surface area contributed by atoms with E-state index in [2.05, 4.69) is 10.1 Å². The molecule has 0 bridgehead atoms. The molecule has 1 amide bonds. The topological polar surface area (TPSA) is 87.8 Å². The molecule has 0 saturated heterocycles. The van der Waals surface area contributed by atoms with Gasteiger partial charge in [-0.3, -0.25) is 14.6 Å². The molecule has 19 heavy (non-hydrogen) atoms. The largest absolute Gasteiger partial charge is 0.480 e. The molecule has 2 heterocycles. The van der Waals surface area contributed by atoms with Crippen LogP contribution in [-0.2, 0) is 4.79 Å². The first-order valence-electron chi connectivity index (χ1n) is 5.92. The summed E-state index contributed by atoms with van der Waals surface area (Å²) in [4.78, 5) is 28.4. The Bertz CT molecular complexity index is 608. The third kappa shape index (κ3) is 2.70. The van der Waals surface area contributed by atoms with Crippen LogP contribution in [0, 0.1) is 0 Å². The van der Waals surface area contributed by atoms with Crippen LogP contribution in [0.15, 0.2) is 24.8 Å². The molecule has 0 radical (unpaired) electrons. The molecule has 0 aromatic carbocycles. The second-order valence-electron chi connectivity index (χ2n) is 4.08.